The van der Waals surface area contributed by atoms with E-state index in [-0.39, 0.29) is 12.2 Å². The van der Waals surface area contributed by atoms with Crippen LogP contribution in [0, 0.1) is 17.1 Å². The van der Waals surface area contributed by atoms with Crippen molar-refractivity contribution >= 4 is 5.91 Å². The average Bonchev–Trinajstić information content (AvgIpc) is 2.54. The zero-order valence-electron chi connectivity index (χ0n) is 12.5. The lowest BCUT2D eigenvalue weighted by Crippen LogP contribution is -2.30. The number of carbonyl (C=O) groups excluding carboxylic acids is 1. The molecule has 1 unspecified atom stereocenters. The number of nitriles is 1. The third kappa shape index (κ3) is 4.45. The molecule has 0 saturated heterocycles. The van der Waals surface area contributed by atoms with Gasteiger partial charge in [-0.15, -0.1) is 0 Å². The van der Waals surface area contributed by atoms with Gasteiger partial charge in [0.1, 0.15) is 23.9 Å². The van der Waals surface area contributed by atoms with Gasteiger partial charge in [-0.3, -0.25) is 4.79 Å². The lowest BCUT2D eigenvalue weighted by molar-refractivity contribution is -0.123. The molecule has 0 aliphatic rings. The summed E-state index contributed by atoms with van der Waals surface area (Å²) in [5.74, 6) is -0.0399. The van der Waals surface area contributed by atoms with Gasteiger partial charge in [0.2, 0.25) is 0 Å². The van der Waals surface area contributed by atoms with E-state index in [1.165, 1.54) is 18.2 Å². The monoisotopic (exact) mass is 314 g/mol. The largest absolute Gasteiger partial charge is 0.489 e. The maximum Gasteiger partial charge on any atom is 0.258 e. The van der Waals surface area contributed by atoms with E-state index >= 15 is 0 Å². The van der Waals surface area contributed by atoms with Crippen LogP contribution in [-0.4, -0.2) is 12.0 Å². The Labute approximate surface area is 133 Å². The topological polar surface area (TPSA) is 85.3 Å². The van der Waals surface area contributed by atoms with Crippen LogP contribution in [0.5, 0.6) is 11.5 Å². The molecule has 0 saturated carbocycles. The molecule has 0 aliphatic carbocycles. The van der Waals surface area contributed by atoms with Crippen LogP contribution in [-0.2, 0) is 11.4 Å². The van der Waals surface area contributed by atoms with Crippen LogP contribution in [0.3, 0.4) is 0 Å². The number of nitrogens with zero attached hydrogens (tertiary/aromatic N) is 1. The predicted molar refractivity (Wildman–Crippen MR) is 81.2 cm³/mol. The van der Waals surface area contributed by atoms with E-state index in [4.69, 9.17) is 20.5 Å². The summed E-state index contributed by atoms with van der Waals surface area (Å²) >= 11 is 0. The van der Waals surface area contributed by atoms with Crippen molar-refractivity contribution in [1.82, 2.24) is 0 Å². The fourth-order valence-corrected chi connectivity index (χ4v) is 1.77. The van der Waals surface area contributed by atoms with Gasteiger partial charge in [0, 0.05) is 5.56 Å². The van der Waals surface area contributed by atoms with Gasteiger partial charge < -0.3 is 15.2 Å². The molecule has 0 radical (unpaired) electrons. The van der Waals surface area contributed by atoms with Gasteiger partial charge in [0.25, 0.3) is 5.91 Å². The fraction of sp³-hybridized carbons (Fsp3) is 0.176. The molecule has 6 heteroatoms. The second-order valence-corrected chi connectivity index (χ2v) is 4.84. The number of rotatable bonds is 6. The molecule has 5 nitrogen and oxygen atoms in total. The van der Waals surface area contributed by atoms with E-state index in [1.807, 2.05) is 6.07 Å². The van der Waals surface area contributed by atoms with Gasteiger partial charge in [-0.2, -0.15) is 5.26 Å². The molecule has 1 amide bonds. The summed E-state index contributed by atoms with van der Waals surface area (Å²) in [5, 5.41) is 8.69. The van der Waals surface area contributed by atoms with Gasteiger partial charge >= 0.3 is 0 Å². The Morgan fingerprint density at radius 3 is 2.48 bits per heavy atom. The van der Waals surface area contributed by atoms with Gasteiger partial charge in [-0.25, -0.2) is 4.39 Å². The minimum atomic E-state index is -0.727. The first-order valence-electron chi connectivity index (χ1n) is 6.87. The number of amides is 1. The van der Waals surface area contributed by atoms with Crippen LogP contribution in [0.2, 0.25) is 0 Å². The molecule has 0 spiro atoms. The molecule has 0 fully saturated rings. The molecule has 2 aromatic carbocycles. The Bertz CT molecular complexity index is 738. The van der Waals surface area contributed by atoms with Crippen LogP contribution < -0.4 is 15.2 Å². The molecular weight excluding hydrogens is 299 g/mol. The number of ether oxygens (including phenoxy) is 2. The molecule has 2 aromatic rings. The molecule has 0 aromatic heterocycles. The molecule has 2 rings (SSSR count). The van der Waals surface area contributed by atoms with Gasteiger partial charge in [-0.05, 0) is 43.3 Å². The minimum Gasteiger partial charge on any atom is -0.489 e. The predicted octanol–water partition coefficient (Wildman–Crippen LogP) is 2.53. The summed E-state index contributed by atoms with van der Waals surface area (Å²) in [7, 11) is 0. The van der Waals surface area contributed by atoms with E-state index in [2.05, 4.69) is 0 Å². The van der Waals surface area contributed by atoms with Crippen molar-refractivity contribution in [3.8, 4) is 17.6 Å². The highest BCUT2D eigenvalue weighted by Crippen LogP contribution is 2.20. The molecule has 118 valence electrons. The SMILES string of the molecule is CC(Oc1ccc(OCc2ccc(C#N)cc2F)cc1)C(N)=O. The third-order valence-electron chi connectivity index (χ3n) is 3.11. The van der Waals surface area contributed by atoms with Crippen molar-refractivity contribution in [3.63, 3.8) is 0 Å². The lowest BCUT2D eigenvalue weighted by atomic mass is 10.1. The first-order chi connectivity index (χ1) is 11.0. The van der Waals surface area contributed by atoms with E-state index < -0.39 is 17.8 Å². The molecule has 0 aliphatic heterocycles. The molecule has 1 atom stereocenters. The quantitative estimate of drug-likeness (QED) is 0.888. The summed E-state index contributed by atoms with van der Waals surface area (Å²) in [6, 6.07) is 12.6. The van der Waals surface area contributed by atoms with Crippen molar-refractivity contribution in [3.05, 3.63) is 59.4 Å². The molecule has 0 bridgehead atoms. The second kappa shape index (κ2) is 7.27. The smallest absolute Gasteiger partial charge is 0.258 e. The van der Waals surface area contributed by atoms with Crippen LogP contribution in [0.15, 0.2) is 42.5 Å². The summed E-state index contributed by atoms with van der Waals surface area (Å²) < 4.78 is 24.5. The summed E-state index contributed by atoms with van der Waals surface area (Å²) in [4.78, 5) is 10.9. The second-order valence-electron chi connectivity index (χ2n) is 4.84. The summed E-state index contributed by atoms with van der Waals surface area (Å²) in [6.07, 6.45) is -0.727. The first kappa shape index (κ1) is 16.3. The van der Waals surface area contributed by atoms with Crippen molar-refractivity contribution in [2.75, 3.05) is 0 Å². The van der Waals surface area contributed by atoms with Crippen LogP contribution in [0.1, 0.15) is 18.1 Å². The third-order valence-corrected chi connectivity index (χ3v) is 3.11. The highest BCUT2D eigenvalue weighted by Gasteiger charge is 2.10. The van der Waals surface area contributed by atoms with Crippen LogP contribution in [0.4, 0.5) is 4.39 Å². The Morgan fingerprint density at radius 2 is 1.91 bits per heavy atom. The standard InChI is InChI=1S/C17H15FN2O3/c1-11(17(20)21)23-15-6-4-14(5-7-15)22-10-13-3-2-12(9-19)8-16(13)18/h2-8,11H,10H2,1H3,(H2,20,21). The van der Waals surface area contributed by atoms with E-state index in [0.29, 0.717) is 17.1 Å². The number of nitrogens with two attached hydrogens (primary N) is 1. The molecule has 0 heterocycles. The zero-order chi connectivity index (χ0) is 16.8. The van der Waals surface area contributed by atoms with E-state index in [0.717, 1.165) is 0 Å². The highest BCUT2D eigenvalue weighted by molar-refractivity contribution is 5.78. The summed E-state index contributed by atoms with van der Waals surface area (Å²) in [5.41, 5.74) is 5.73. The molecular formula is C17H15FN2O3. The Kier molecular flexibility index (Phi) is 5.15. The van der Waals surface area contributed by atoms with Crippen molar-refractivity contribution in [2.24, 2.45) is 5.73 Å². The van der Waals surface area contributed by atoms with Crippen molar-refractivity contribution in [1.29, 1.82) is 5.26 Å². The maximum atomic E-state index is 13.7. The van der Waals surface area contributed by atoms with Crippen LogP contribution in [0.25, 0.3) is 0 Å². The number of halogens is 1. The maximum absolute atomic E-state index is 13.7. The fourth-order valence-electron chi connectivity index (χ4n) is 1.77. The summed E-state index contributed by atoms with van der Waals surface area (Å²) in [6.45, 7) is 1.59. The number of hydrogen-bond acceptors (Lipinski definition) is 4. The highest BCUT2D eigenvalue weighted by atomic mass is 19.1. The van der Waals surface area contributed by atoms with E-state index in [9.17, 15) is 9.18 Å². The number of carbonyl (C=O) groups is 1. The van der Waals surface area contributed by atoms with Crippen molar-refractivity contribution in [2.45, 2.75) is 19.6 Å². The Balaban J connectivity index is 1.96. The molecule has 2 N–H and O–H groups in total. The lowest BCUT2D eigenvalue weighted by Gasteiger charge is -2.12. The first-order valence-corrected chi connectivity index (χ1v) is 6.87. The molecule has 23 heavy (non-hydrogen) atoms. The Morgan fingerprint density at radius 1 is 1.26 bits per heavy atom. The van der Waals surface area contributed by atoms with Crippen molar-refractivity contribution < 1.29 is 18.7 Å². The van der Waals surface area contributed by atoms with E-state index in [1.54, 1.807) is 31.2 Å². The number of primary amides is 1. The van der Waals surface area contributed by atoms with Gasteiger partial charge in [-0.1, -0.05) is 6.07 Å². The number of benzene rings is 2. The van der Waals surface area contributed by atoms with Gasteiger partial charge in [0.05, 0.1) is 11.6 Å². The normalized spacial score (nSPS) is 11.3. The van der Waals surface area contributed by atoms with Gasteiger partial charge in [0.15, 0.2) is 6.10 Å². The zero-order valence-corrected chi connectivity index (χ0v) is 12.5. The average molecular weight is 314 g/mol. The Hall–Kier alpha value is -3.07. The number of hydrogen-bond donors (Lipinski definition) is 1. The minimum absolute atomic E-state index is 0.0371. The van der Waals surface area contributed by atoms with Crippen LogP contribution >= 0.6 is 0 Å².